The molecule has 138 valence electrons. The van der Waals surface area contributed by atoms with E-state index in [1.54, 1.807) is 18.4 Å². The molecule has 2 aromatic rings. The van der Waals surface area contributed by atoms with Crippen molar-refractivity contribution in [1.29, 1.82) is 0 Å². The predicted molar refractivity (Wildman–Crippen MR) is 105 cm³/mol. The van der Waals surface area contributed by atoms with Crippen LogP contribution >= 0.6 is 11.3 Å². The lowest BCUT2D eigenvalue weighted by molar-refractivity contribution is 0.166. The van der Waals surface area contributed by atoms with Crippen LogP contribution in [0.1, 0.15) is 24.0 Å². The summed E-state index contributed by atoms with van der Waals surface area (Å²) in [4.78, 5) is 12.1. The molecule has 2 aliphatic rings. The van der Waals surface area contributed by atoms with Gasteiger partial charge in [-0.25, -0.2) is 4.98 Å². The standard InChI is InChI=1S/C19H25N5OS/c1-3-15-23-17-18(24-9-8-20-14(12-24)6-10-25-2)16-13(5-4-7-21-16)11-22-19(17)26-15/h4-5,7,11,14,20,22H,3,6,8-10,12H2,1-2H3. The Bertz CT molecular complexity index is 894. The van der Waals surface area contributed by atoms with Gasteiger partial charge >= 0.3 is 0 Å². The maximum Gasteiger partial charge on any atom is 0.124 e. The first kappa shape index (κ1) is 17.5. The maximum atomic E-state index is 5.27. The average molecular weight is 372 g/mol. The number of methoxy groups -OCH3 is 1. The topological polar surface area (TPSA) is 62.3 Å². The Morgan fingerprint density at radius 3 is 3.19 bits per heavy atom. The number of piperazine rings is 1. The zero-order valence-corrected chi connectivity index (χ0v) is 16.1. The van der Waals surface area contributed by atoms with Gasteiger partial charge in [-0.2, -0.15) is 0 Å². The molecule has 0 spiro atoms. The smallest absolute Gasteiger partial charge is 0.124 e. The highest BCUT2D eigenvalue weighted by molar-refractivity contribution is 7.16. The molecule has 0 aromatic carbocycles. The fourth-order valence-corrected chi connectivity index (χ4v) is 4.42. The number of pyridine rings is 1. The van der Waals surface area contributed by atoms with E-state index in [0.29, 0.717) is 6.04 Å². The van der Waals surface area contributed by atoms with E-state index in [0.717, 1.165) is 71.1 Å². The van der Waals surface area contributed by atoms with Gasteiger partial charge in [-0.15, -0.1) is 11.3 Å². The number of fused-ring (bicyclic) bond motifs is 2. The summed E-state index contributed by atoms with van der Waals surface area (Å²) >= 11 is 1.74. The molecule has 1 fully saturated rings. The van der Waals surface area contributed by atoms with E-state index < -0.39 is 0 Å². The molecule has 1 saturated heterocycles. The summed E-state index contributed by atoms with van der Waals surface area (Å²) in [5.74, 6) is 0. The van der Waals surface area contributed by atoms with Crippen LogP contribution in [0.15, 0.2) is 18.3 Å². The summed E-state index contributed by atoms with van der Waals surface area (Å²) in [7, 11) is 1.76. The summed E-state index contributed by atoms with van der Waals surface area (Å²) in [6, 6.07) is 4.51. The predicted octanol–water partition coefficient (Wildman–Crippen LogP) is 0.731. The van der Waals surface area contributed by atoms with Crippen molar-refractivity contribution in [1.82, 2.24) is 20.2 Å². The van der Waals surface area contributed by atoms with Crippen LogP contribution in [0.2, 0.25) is 0 Å². The second-order valence-electron chi connectivity index (χ2n) is 6.60. The quantitative estimate of drug-likeness (QED) is 0.808. The average Bonchev–Trinajstić information content (AvgIpc) is 3.02. The van der Waals surface area contributed by atoms with Crippen LogP contribution in [0.4, 0.5) is 5.00 Å². The molecular weight excluding hydrogens is 346 g/mol. The molecule has 0 radical (unpaired) electrons. The number of aryl methyl sites for hydroxylation is 1. The van der Waals surface area contributed by atoms with Crippen LogP contribution in [0, 0.1) is 0 Å². The first-order chi connectivity index (χ1) is 12.8. The molecule has 4 heterocycles. The number of hydrogen-bond donors (Lipinski definition) is 2. The zero-order valence-electron chi connectivity index (χ0n) is 15.3. The van der Waals surface area contributed by atoms with Crippen molar-refractivity contribution in [3.05, 3.63) is 39.6 Å². The third-order valence-corrected chi connectivity index (χ3v) is 5.99. The van der Waals surface area contributed by atoms with Gasteiger partial charge in [-0.05, 0) is 25.0 Å². The number of nitrogens with zero attached hydrogens (tertiary/aromatic N) is 3. The normalized spacial score (nSPS) is 19.2. The molecule has 1 unspecified atom stereocenters. The third kappa shape index (κ3) is 3.34. The highest BCUT2D eigenvalue weighted by Crippen LogP contribution is 2.32. The summed E-state index contributed by atoms with van der Waals surface area (Å²) in [6.45, 7) is 5.77. The maximum absolute atomic E-state index is 5.27. The SMILES string of the molecule is CCc1nc2c(s1)NC=c1cccnc1=C2N1CCNC(CCOC)C1. The number of ether oxygens (including phenoxy) is 1. The summed E-state index contributed by atoms with van der Waals surface area (Å²) in [5, 5.41) is 11.5. The Balaban J connectivity index is 1.80. The Morgan fingerprint density at radius 2 is 2.35 bits per heavy atom. The van der Waals surface area contributed by atoms with Gasteiger partial charge in [0.25, 0.3) is 0 Å². The van der Waals surface area contributed by atoms with Crippen LogP contribution in [-0.2, 0) is 11.2 Å². The van der Waals surface area contributed by atoms with Gasteiger partial charge in [0.1, 0.15) is 10.7 Å². The molecule has 7 heteroatoms. The van der Waals surface area contributed by atoms with Gasteiger partial charge in [0, 0.05) is 57.0 Å². The first-order valence-electron chi connectivity index (χ1n) is 9.19. The second-order valence-corrected chi connectivity index (χ2v) is 7.68. The summed E-state index contributed by atoms with van der Waals surface area (Å²) in [5.41, 5.74) is 2.18. The van der Waals surface area contributed by atoms with Gasteiger partial charge in [0.2, 0.25) is 0 Å². The number of thiazole rings is 1. The molecule has 1 atom stereocenters. The Morgan fingerprint density at radius 1 is 1.42 bits per heavy atom. The monoisotopic (exact) mass is 371 g/mol. The Hall–Kier alpha value is -1.96. The van der Waals surface area contributed by atoms with Gasteiger partial charge in [-0.1, -0.05) is 6.92 Å². The summed E-state index contributed by atoms with van der Waals surface area (Å²) < 4.78 is 5.27. The highest BCUT2D eigenvalue weighted by atomic mass is 32.1. The number of rotatable bonds is 5. The van der Waals surface area contributed by atoms with Crippen LogP contribution in [0.3, 0.4) is 0 Å². The minimum Gasteiger partial charge on any atom is -0.385 e. The van der Waals surface area contributed by atoms with Crippen LogP contribution in [0.25, 0.3) is 11.9 Å². The second kappa shape index (κ2) is 7.73. The molecule has 6 nitrogen and oxygen atoms in total. The fourth-order valence-electron chi connectivity index (χ4n) is 3.54. The molecule has 4 rings (SSSR count). The molecule has 26 heavy (non-hydrogen) atoms. The molecule has 2 aliphatic heterocycles. The van der Waals surface area contributed by atoms with E-state index in [-0.39, 0.29) is 0 Å². The lowest BCUT2D eigenvalue weighted by Crippen LogP contribution is -2.52. The highest BCUT2D eigenvalue weighted by Gasteiger charge is 2.27. The molecule has 2 N–H and O–H groups in total. The van der Waals surface area contributed by atoms with Gasteiger partial charge in [0.15, 0.2) is 0 Å². The van der Waals surface area contributed by atoms with Crippen molar-refractivity contribution in [2.75, 3.05) is 38.7 Å². The largest absolute Gasteiger partial charge is 0.385 e. The van der Waals surface area contributed by atoms with E-state index in [2.05, 4.69) is 34.7 Å². The van der Waals surface area contributed by atoms with Crippen molar-refractivity contribution in [2.24, 2.45) is 0 Å². The number of anilines is 1. The Kier molecular flexibility index (Phi) is 5.19. The van der Waals surface area contributed by atoms with Gasteiger partial charge in [0.05, 0.1) is 16.1 Å². The van der Waals surface area contributed by atoms with Crippen molar-refractivity contribution in [2.45, 2.75) is 25.8 Å². The van der Waals surface area contributed by atoms with Crippen molar-refractivity contribution >= 4 is 28.2 Å². The van der Waals surface area contributed by atoms with Crippen molar-refractivity contribution in [3.63, 3.8) is 0 Å². The van der Waals surface area contributed by atoms with Crippen LogP contribution < -0.4 is 21.2 Å². The van der Waals surface area contributed by atoms with E-state index >= 15 is 0 Å². The molecule has 0 saturated carbocycles. The minimum absolute atomic E-state index is 0.413. The minimum atomic E-state index is 0.413. The Labute approximate surface area is 157 Å². The molecule has 0 aliphatic carbocycles. The van der Waals surface area contributed by atoms with E-state index in [4.69, 9.17) is 14.7 Å². The van der Waals surface area contributed by atoms with Gasteiger partial charge < -0.3 is 20.3 Å². The molecular formula is C19H25N5OS. The van der Waals surface area contributed by atoms with Crippen LogP contribution in [-0.4, -0.2) is 54.3 Å². The van der Waals surface area contributed by atoms with E-state index in [1.165, 1.54) is 0 Å². The number of nitrogens with one attached hydrogen (secondary N) is 2. The van der Waals surface area contributed by atoms with Crippen molar-refractivity contribution < 1.29 is 4.74 Å². The third-order valence-electron chi connectivity index (χ3n) is 4.86. The van der Waals surface area contributed by atoms with Crippen LogP contribution in [0.5, 0.6) is 0 Å². The van der Waals surface area contributed by atoms with E-state index in [9.17, 15) is 0 Å². The lowest BCUT2D eigenvalue weighted by atomic mass is 10.1. The molecule has 2 aromatic heterocycles. The first-order valence-corrected chi connectivity index (χ1v) is 10.0. The number of aromatic nitrogens is 2. The zero-order chi connectivity index (χ0) is 17.9. The molecule has 0 amide bonds. The number of hydrogen-bond acceptors (Lipinski definition) is 7. The van der Waals surface area contributed by atoms with Gasteiger partial charge in [-0.3, -0.25) is 4.98 Å². The fraction of sp³-hybridized carbons (Fsp3) is 0.474. The lowest BCUT2D eigenvalue weighted by Gasteiger charge is -2.36. The molecule has 0 bridgehead atoms. The van der Waals surface area contributed by atoms with Crippen molar-refractivity contribution in [3.8, 4) is 0 Å². The van der Waals surface area contributed by atoms with E-state index in [1.807, 2.05) is 12.3 Å². The summed E-state index contributed by atoms with van der Waals surface area (Å²) in [6.07, 6.45) is 5.87.